The zero-order valence-corrected chi connectivity index (χ0v) is 19.4. The molecular formula is C21H29N5O4S2. The minimum Gasteiger partial charge on any atom is -0.396 e. The zero-order valence-electron chi connectivity index (χ0n) is 17.7. The van der Waals surface area contributed by atoms with Crippen LogP contribution in [0.1, 0.15) is 37.8 Å². The van der Waals surface area contributed by atoms with Crippen molar-refractivity contribution in [3.8, 4) is 11.4 Å². The van der Waals surface area contributed by atoms with Crippen molar-refractivity contribution in [2.75, 3.05) is 36.6 Å². The predicted molar refractivity (Wildman–Crippen MR) is 129 cm³/mol. The predicted octanol–water partition coefficient (Wildman–Crippen LogP) is 1.57. The summed E-state index contributed by atoms with van der Waals surface area (Å²) in [7, 11) is -3.50. The van der Waals surface area contributed by atoms with Gasteiger partial charge in [0.15, 0.2) is 20.8 Å². The minimum absolute atomic E-state index is 0.0879. The Labute approximate surface area is 193 Å². The number of thiocarbonyl (C=S) groups is 1. The van der Waals surface area contributed by atoms with Gasteiger partial charge in [-0.05, 0) is 68.6 Å². The van der Waals surface area contributed by atoms with Gasteiger partial charge >= 0.3 is 0 Å². The first-order valence-electron chi connectivity index (χ1n) is 10.6. The fraction of sp³-hybridized carbons (Fsp3) is 0.476. The fourth-order valence-corrected chi connectivity index (χ4v) is 6.12. The van der Waals surface area contributed by atoms with Crippen LogP contribution in [-0.4, -0.2) is 59.2 Å². The smallest absolute Gasteiger partial charge is 0.170 e. The number of nitrogens with zero attached hydrogens (tertiary/aromatic N) is 2. The SMILES string of the molecule is Nc1cc(C2(S(=O)(=O)CCCO)CCC2)nc(-c2ccc(NC(=S)NCCCO)cc2)n1. The number of benzene rings is 1. The average molecular weight is 480 g/mol. The number of nitrogens with one attached hydrogen (secondary N) is 2. The molecule has 0 radical (unpaired) electrons. The lowest BCUT2D eigenvalue weighted by atomic mass is 9.81. The maximum Gasteiger partial charge on any atom is 0.170 e. The first-order valence-corrected chi connectivity index (χ1v) is 12.6. The van der Waals surface area contributed by atoms with Crippen LogP contribution in [0.3, 0.4) is 0 Å². The maximum atomic E-state index is 13.0. The lowest BCUT2D eigenvalue weighted by Gasteiger charge is -2.40. The summed E-state index contributed by atoms with van der Waals surface area (Å²) >= 11 is 5.22. The number of hydrogen-bond acceptors (Lipinski definition) is 8. The number of hydrogen-bond donors (Lipinski definition) is 5. The Morgan fingerprint density at radius 1 is 1.12 bits per heavy atom. The highest BCUT2D eigenvalue weighted by molar-refractivity contribution is 7.92. The molecule has 6 N–H and O–H groups in total. The Morgan fingerprint density at radius 3 is 2.41 bits per heavy atom. The molecule has 0 amide bonds. The number of aromatic nitrogens is 2. The van der Waals surface area contributed by atoms with Crippen molar-refractivity contribution < 1.29 is 18.6 Å². The van der Waals surface area contributed by atoms with Crippen molar-refractivity contribution in [1.82, 2.24) is 15.3 Å². The van der Waals surface area contributed by atoms with Gasteiger partial charge in [-0.2, -0.15) is 0 Å². The fourth-order valence-electron chi connectivity index (χ4n) is 3.66. The molecule has 1 aliphatic rings. The van der Waals surface area contributed by atoms with Crippen LogP contribution in [0, 0.1) is 0 Å². The van der Waals surface area contributed by atoms with Crippen LogP contribution >= 0.6 is 12.2 Å². The molecule has 0 saturated heterocycles. The Morgan fingerprint density at radius 2 is 1.81 bits per heavy atom. The molecule has 1 saturated carbocycles. The Balaban J connectivity index is 1.82. The molecule has 9 nitrogen and oxygen atoms in total. The number of nitrogens with two attached hydrogens (primary N) is 1. The third kappa shape index (κ3) is 5.34. The number of rotatable bonds is 10. The van der Waals surface area contributed by atoms with E-state index in [1.165, 1.54) is 0 Å². The molecule has 174 valence electrons. The van der Waals surface area contributed by atoms with E-state index in [1.807, 2.05) is 24.3 Å². The van der Waals surface area contributed by atoms with Crippen LogP contribution in [0.2, 0.25) is 0 Å². The summed E-state index contributed by atoms with van der Waals surface area (Å²) in [5.74, 6) is 0.485. The molecule has 32 heavy (non-hydrogen) atoms. The molecule has 1 aromatic carbocycles. The molecular weight excluding hydrogens is 450 g/mol. The quantitative estimate of drug-likeness (QED) is 0.251. The van der Waals surface area contributed by atoms with E-state index in [4.69, 9.17) is 28.2 Å². The van der Waals surface area contributed by atoms with E-state index in [-0.39, 0.29) is 31.2 Å². The second-order valence-corrected chi connectivity index (χ2v) is 10.6. The summed E-state index contributed by atoms with van der Waals surface area (Å²) in [6.07, 6.45) is 2.57. The molecule has 1 aromatic heterocycles. The Hall–Kier alpha value is -2.34. The standard InChI is InChI=1S/C21H29N5O4S2/c22-18-14-17(21(8-1-9-21)32(29,30)13-3-12-28)25-19(26-18)15-4-6-16(7-5-15)24-20(31)23-10-2-11-27/h4-7,14,27-28H,1-3,8-13H2,(H2,22,25,26)(H2,23,24,31). The monoisotopic (exact) mass is 479 g/mol. The molecule has 0 bridgehead atoms. The second-order valence-electron chi connectivity index (χ2n) is 7.78. The molecule has 11 heteroatoms. The van der Waals surface area contributed by atoms with Crippen molar-refractivity contribution in [1.29, 1.82) is 0 Å². The molecule has 1 aliphatic carbocycles. The van der Waals surface area contributed by atoms with Crippen LogP contribution in [0.15, 0.2) is 30.3 Å². The summed E-state index contributed by atoms with van der Waals surface area (Å²) in [6.45, 7) is 0.493. The molecule has 2 aromatic rings. The van der Waals surface area contributed by atoms with E-state index in [1.54, 1.807) is 6.07 Å². The van der Waals surface area contributed by atoms with E-state index in [9.17, 15) is 8.42 Å². The first-order chi connectivity index (χ1) is 15.3. The molecule has 1 fully saturated rings. The van der Waals surface area contributed by atoms with Gasteiger partial charge in [0.05, 0.1) is 11.4 Å². The van der Waals surface area contributed by atoms with E-state index < -0.39 is 14.6 Å². The van der Waals surface area contributed by atoms with Gasteiger partial charge in [-0.3, -0.25) is 0 Å². The molecule has 0 atom stereocenters. The summed E-state index contributed by atoms with van der Waals surface area (Å²) < 4.78 is 25.0. The highest BCUT2D eigenvalue weighted by Gasteiger charge is 2.51. The number of aliphatic hydroxyl groups excluding tert-OH is 2. The van der Waals surface area contributed by atoms with Crippen molar-refractivity contribution in [3.63, 3.8) is 0 Å². The minimum atomic E-state index is -3.50. The van der Waals surface area contributed by atoms with Crippen LogP contribution in [-0.2, 0) is 14.6 Å². The lowest BCUT2D eigenvalue weighted by molar-refractivity contribution is 0.289. The first kappa shape index (κ1) is 24.3. The third-order valence-electron chi connectivity index (χ3n) is 5.56. The molecule has 3 rings (SSSR count). The number of anilines is 2. The second kappa shape index (κ2) is 10.5. The van der Waals surface area contributed by atoms with E-state index >= 15 is 0 Å². The summed E-state index contributed by atoms with van der Waals surface area (Å²) in [6, 6.07) is 8.80. The van der Waals surface area contributed by atoms with Gasteiger partial charge in [0, 0.05) is 37.1 Å². The maximum absolute atomic E-state index is 13.0. The van der Waals surface area contributed by atoms with Crippen LogP contribution in [0.5, 0.6) is 0 Å². The number of sulfone groups is 1. The van der Waals surface area contributed by atoms with E-state index in [0.717, 1.165) is 12.1 Å². The van der Waals surface area contributed by atoms with Gasteiger partial charge in [0.1, 0.15) is 10.6 Å². The largest absolute Gasteiger partial charge is 0.396 e. The summed E-state index contributed by atoms with van der Waals surface area (Å²) in [5, 5.41) is 24.4. The highest BCUT2D eigenvalue weighted by Crippen LogP contribution is 2.48. The molecule has 0 unspecified atom stereocenters. The van der Waals surface area contributed by atoms with Crippen LogP contribution in [0.4, 0.5) is 11.5 Å². The van der Waals surface area contributed by atoms with Gasteiger partial charge in [-0.15, -0.1) is 0 Å². The lowest BCUT2D eigenvalue weighted by Crippen LogP contribution is -2.44. The molecule has 0 aliphatic heterocycles. The van der Waals surface area contributed by atoms with Gasteiger partial charge in [0.25, 0.3) is 0 Å². The van der Waals surface area contributed by atoms with Crippen molar-refractivity contribution >= 4 is 38.7 Å². The van der Waals surface area contributed by atoms with E-state index in [0.29, 0.717) is 48.0 Å². The normalized spacial score (nSPS) is 15.1. The van der Waals surface area contributed by atoms with Gasteiger partial charge in [0.2, 0.25) is 0 Å². The Kier molecular flexibility index (Phi) is 7.99. The Bertz CT molecular complexity index is 1040. The van der Waals surface area contributed by atoms with Crippen molar-refractivity contribution in [2.24, 2.45) is 0 Å². The third-order valence-corrected chi connectivity index (χ3v) is 8.44. The van der Waals surface area contributed by atoms with Crippen LogP contribution in [0.25, 0.3) is 11.4 Å². The van der Waals surface area contributed by atoms with Gasteiger partial charge in [-0.1, -0.05) is 0 Å². The summed E-state index contributed by atoms with van der Waals surface area (Å²) in [4.78, 5) is 8.91. The summed E-state index contributed by atoms with van der Waals surface area (Å²) in [5.41, 5.74) is 7.91. The van der Waals surface area contributed by atoms with Crippen molar-refractivity contribution in [2.45, 2.75) is 36.9 Å². The van der Waals surface area contributed by atoms with Gasteiger partial charge < -0.3 is 26.6 Å². The van der Waals surface area contributed by atoms with E-state index in [2.05, 4.69) is 20.6 Å². The number of aliphatic hydroxyl groups is 2. The van der Waals surface area contributed by atoms with Crippen LogP contribution < -0.4 is 16.4 Å². The number of nitrogen functional groups attached to an aromatic ring is 1. The van der Waals surface area contributed by atoms with Gasteiger partial charge in [-0.25, -0.2) is 18.4 Å². The highest BCUT2D eigenvalue weighted by atomic mass is 32.2. The molecule has 1 heterocycles. The topological polar surface area (TPSA) is 150 Å². The zero-order chi connectivity index (χ0) is 23.2. The van der Waals surface area contributed by atoms with Crippen molar-refractivity contribution in [3.05, 3.63) is 36.0 Å². The average Bonchev–Trinajstić information content (AvgIpc) is 2.71. The molecule has 0 spiro atoms.